The summed E-state index contributed by atoms with van der Waals surface area (Å²) in [6.45, 7) is 0.813. The number of benzene rings is 1. The van der Waals surface area contributed by atoms with Crippen LogP contribution >= 0.6 is 0 Å². The highest BCUT2D eigenvalue weighted by molar-refractivity contribution is 5.94. The van der Waals surface area contributed by atoms with Crippen LogP contribution in [0.4, 0.5) is 5.69 Å². The Morgan fingerprint density at radius 3 is 1.55 bits per heavy atom. The third-order valence-corrected chi connectivity index (χ3v) is 6.31. The molecule has 0 saturated carbocycles. The maximum absolute atomic E-state index is 10.4. The van der Waals surface area contributed by atoms with Gasteiger partial charge in [0.2, 0.25) is 0 Å². The number of guanidine groups is 1. The molecule has 33 heavy (non-hydrogen) atoms. The van der Waals surface area contributed by atoms with E-state index in [-0.39, 0.29) is 0 Å². The van der Waals surface area contributed by atoms with Gasteiger partial charge in [-0.2, -0.15) is 0 Å². The highest BCUT2D eigenvalue weighted by atomic mass is 16.4. The third-order valence-electron chi connectivity index (χ3n) is 6.31. The van der Waals surface area contributed by atoms with Crippen LogP contribution in [-0.4, -0.2) is 30.6 Å². The molecule has 1 rings (SSSR count). The minimum absolute atomic E-state index is 0.332. The summed E-state index contributed by atoms with van der Waals surface area (Å²) in [5.41, 5.74) is 7.16. The second kappa shape index (κ2) is 20.6. The first kappa shape index (κ1) is 29.0. The molecule has 1 aromatic carbocycles. The summed E-state index contributed by atoms with van der Waals surface area (Å²) >= 11 is 0. The van der Waals surface area contributed by atoms with Crippen molar-refractivity contribution in [3.63, 3.8) is 0 Å². The van der Waals surface area contributed by atoms with E-state index in [1.54, 1.807) is 0 Å². The lowest BCUT2D eigenvalue weighted by Crippen LogP contribution is -2.34. The van der Waals surface area contributed by atoms with E-state index >= 15 is 0 Å². The normalized spacial score (nSPS) is 11.6. The molecule has 3 N–H and O–H groups in total. The monoisotopic (exact) mass is 459 g/mol. The van der Waals surface area contributed by atoms with E-state index in [4.69, 9.17) is 10.8 Å². The Hall–Kier alpha value is -2.04. The fraction of sp³-hybridized carbons (Fsp3) is 0.714. The standard InChI is InChI=1S/C28H49N3O2/c1-31(26-22-18-17-19-23-26)28(29)30-25-21-16-14-12-10-8-6-4-2-3-5-7-9-11-13-15-20-24-27(32)33/h17-19,22-23H,2-16,20-21,24-25H2,1H3,(H2,29,30)(H,32,33). The van der Waals surface area contributed by atoms with Gasteiger partial charge >= 0.3 is 5.97 Å². The van der Waals surface area contributed by atoms with Crippen molar-refractivity contribution in [3.8, 4) is 0 Å². The fourth-order valence-corrected chi connectivity index (χ4v) is 4.12. The van der Waals surface area contributed by atoms with Crippen LogP contribution in [-0.2, 0) is 4.79 Å². The number of para-hydroxylation sites is 1. The van der Waals surface area contributed by atoms with Crippen LogP contribution in [0.2, 0.25) is 0 Å². The van der Waals surface area contributed by atoms with E-state index in [1.165, 1.54) is 89.9 Å². The fourth-order valence-electron chi connectivity index (χ4n) is 4.12. The van der Waals surface area contributed by atoms with Gasteiger partial charge in [0.25, 0.3) is 0 Å². The van der Waals surface area contributed by atoms with Crippen molar-refractivity contribution in [2.75, 3.05) is 18.5 Å². The highest BCUT2D eigenvalue weighted by Gasteiger charge is 2.03. The van der Waals surface area contributed by atoms with Crippen LogP contribution in [0, 0.1) is 0 Å². The number of rotatable bonds is 21. The third kappa shape index (κ3) is 17.1. The molecule has 188 valence electrons. The number of nitrogens with two attached hydrogens (primary N) is 1. The number of anilines is 1. The predicted molar refractivity (Wildman–Crippen MR) is 142 cm³/mol. The summed E-state index contributed by atoms with van der Waals surface area (Å²) < 4.78 is 0. The molecule has 0 aromatic heterocycles. The number of carboxylic acids is 1. The number of hydrogen-bond acceptors (Lipinski definition) is 2. The molecule has 5 nitrogen and oxygen atoms in total. The highest BCUT2D eigenvalue weighted by Crippen LogP contribution is 2.14. The van der Waals surface area contributed by atoms with Crippen molar-refractivity contribution in [2.24, 2.45) is 10.7 Å². The molecule has 0 atom stereocenters. The molecular weight excluding hydrogens is 410 g/mol. The Balaban J connectivity index is 1.80. The second-order valence-corrected chi connectivity index (χ2v) is 9.29. The smallest absolute Gasteiger partial charge is 0.303 e. The summed E-state index contributed by atoms with van der Waals surface area (Å²) in [4.78, 5) is 16.9. The van der Waals surface area contributed by atoms with Crippen molar-refractivity contribution < 1.29 is 9.90 Å². The largest absolute Gasteiger partial charge is 0.481 e. The van der Waals surface area contributed by atoms with E-state index in [0.29, 0.717) is 12.4 Å². The van der Waals surface area contributed by atoms with Crippen LogP contribution in [0.1, 0.15) is 116 Å². The average Bonchev–Trinajstić information content (AvgIpc) is 2.82. The van der Waals surface area contributed by atoms with Crippen LogP contribution in [0.5, 0.6) is 0 Å². The zero-order valence-corrected chi connectivity index (χ0v) is 21.1. The van der Waals surface area contributed by atoms with E-state index < -0.39 is 5.97 Å². The number of unbranched alkanes of at least 4 members (excludes halogenated alkanes) is 16. The zero-order valence-electron chi connectivity index (χ0n) is 21.1. The lowest BCUT2D eigenvalue weighted by Gasteiger charge is -2.17. The Bertz CT molecular complexity index is 619. The zero-order chi connectivity index (χ0) is 24.0. The summed E-state index contributed by atoms with van der Waals surface area (Å²) in [6, 6.07) is 10.1. The van der Waals surface area contributed by atoms with Gasteiger partial charge in [0, 0.05) is 25.7 Å². The number of hydrogen-bond donors (Lipinski definition) is 2. The minimum Gasteiger partial charge on any atom is -0.481 e. The second-order valence-electron chi connectivity index (χ2n) is 9.29. The van der Waals surface area contributed by atoms with Crippen molar-refractivity contribution >= 4 is 17.6 Å². The number of aliphatic carboxylic acids is 1. The molecule has 0 amide bonds. The topological polar surface area (TPSA) is 78.9 Å². The lowest BCUT2D eigenvalue weighted by molar-refractivity contribution is -0.137. The van der Waals surface area contributed by atoms with Gasteiger partial charge in [-0.1, -0.05) is 115 Å². The molecule has 0 bridgehead atoms. The van der Waals surface area contributed by atoms with E-state index in [0.717, 1.165) is 31.5 Å². The van der Waals surface area contributed by atoms with Crippen molar-refractivity contribution in [2.45, 2.75) is 116 Å². The summed E-state index contributed by atoms with van der Waals surface area (Å²) in [6.07, 6.45) is 22.0. The van der Waals surface area contributed by atoms with Crippen LogP contribution < -0.4 is 10.6 Å². The van der Waals surface area contributed by atoms with Gasteiger partial charge in [-0.25, -0.2) is 0 Å². The van der Waals surface area contributed by atoms with Crippen LogP contribution in [0.25, 0.3) is 0 Å². The van der Waals surface area contributed by atoms with Gasteiger partial charge in [0.05, 0.1) is 0 Å². The van der Waals surface area contributed by atoms with E-state index in [1.807, 2.05) is 42.3 Å². The molecular formula is C28H49N3O2. The first-order valence-electron chi connectivity index (χ1n) is 13.4. The van der Waals surface area contributed by atoms with Crippen LogP contribution in [0.3, 0.4) is 0 Å². The van der Waals surface area contributed by atoms with Gasteiger partial charge in [-0.3, -0.25) is 9.79 Å². The van der Waals surface area contributed by atoms with Gasteiger partial charge in [-0.05, 0) is 25.0 Å². The summed E-state index contributed by atoms with van der Waals surface area (Å²) in [7, 11) is 1.96. The Morgan fingerprint density at radius 2 is 1.12 bits per heavy atom. The molecule has 0 aliphatic heterocycles. The molecule has 0 fully saturated rings. The minimum atomic E-state index is -0.662. The molecule has 0 radical (unpaired) electrons. The molecule has 0 heterocycles. The molecule has 0 saturated heterocycles. The molecule has 1 aromatic rings. The maximum Gasteiger partial charge on any atom is 0.303 e. The summed E-state index contributed by atoms with van der Waals surface area (Å²) in [5.74, 6) is -0.0700. The predicted octanol–water partition coefficient (Wildman–Crippen LogP) is 7.54. The Morgan fingerprint density at radius 1 is 0.727 bits per heavy atom. The van der Waals surface area contributed by atoms with E-state index in [2.05, 4.69) is 4.99 Å². The van der Waals surface area contributed by atoms with E-state index in [9.17, 15) is 4.79 Å². The Labute approximate surface area is 202 Å². The lowest BCUT2D eigenvalue weighted by atomic mass is 10.0. The van der Waals surface area contributed by atoms with Gasteiger partial charge < -0.3 is 15.7 Å². The first-order chi connectivity index (χ1) is 16.1. The average molecular weight is 460 g/mol. The molecule has 0 aliphatic rings. The number of carbonyl (C=O) groups is 1. The van der Waals surface area contributed by atoms with Crippen LogP contribution in [0.15, 0.2) is 35.3 Å². The first-order valence-corrected chi connectivity index (χ1v) is 13.4. The van der Waals surface area contributed by atoms with Gasteiger partial charge in [0.1, 0.15) is 0 Å². The van der Waals surface area contributed by atoms with Gasteiger partial charge in [-0.15, -0.1) is 0 Å². The number of carboxylic acid groups (broad SMARTS) is 1. The molecule has 5 heteroatoms. The SMILES string of the molecule is CN(C(N)=NCCCCCCCCCCCCCCCCCCCC(=O)O)c1ccccc1. The molecule has 0 unspecified atom stereocenters. The molecule has 0 spiro atoms. The summed E-state index contributed by atoms with van der Waals surface area (Å²) in [5, 5.41) is 8.61. The number of aliphatic imine (C=N–C) groups is 1. The van der Waals surface area contributed by atoms with Crippen molar-refractivity contribution in [3.05, 3.63) is 30.3 Å². The quantitative estimate of drug-likeness (QED) is 0.113. The maximum atomic E-state index is 10.4. The molecule has 0 aliphatic carbocycles. The van der Waals surface area contributed by atoms with Gasteiger partial charge in [0.15, 0.2) is 5.96 Å². The van der Waals surface area contributed by atoms with Crippen molar-refractivity contribution in [1.82, 2.24) is 0 Å². The number of nitrogens with zero attached hydrogens (tertiary/aromatic N) is 2. The Kier molecular flexibility index (Phi) is 18.1. The van der Waals surface area contributed by atoms with Crippen molar-refractivity contribution in [1.29, 1.82) is 0 Å².